The summed E-state index contributed by atoms with van der Waals surface area (Å²) in [6, 6.07) is 0. The minimum Gasteiger partial charge on any atom is -0.459 e. The quantitative estimate of drug-likeness (QED) is 0.245. The number of fused-ring (bicyclic) bond motifs is 1. The average molecular weight is 701 g/mol. The van der Waals surface area contributed by atoms with E-state index in [1.807, 2.05) is 20.8 Å². The first-order valence-corrected chi connectivity index (χ1v) is 17.1. The van der Waals surface area contributed by atoms with Crippen LogP contribution in [0.5, 0.6) is 0 Å². The van der Waals surface area contributed by atoms with Gasteiger partial charge in [0.05, 0.1) is 37.1 Å². The lowest BCUT2D eigenvalue weighted by atomic mass is 9.82. The van der Waals surface area contributed by atoms with E-state index in [1.165, 1.54) is 40.4 Å². The van der Waals surface area contributed by atoms with Gasteiger partial charge in [0.1, 0.15) is 42.2 Å². The van der Waals surface area contributed by atoms with Gasteiger partial charge in [0, 0.05) is 45.7 Å². The van der Waals surface area contributed by atoms with Crippen molar-refractivity contribution in [3.63, 3.8) is 0 Å². The maximum absolute atomic E-state index is 13.3. The smallest absolute Gasteiger partial charge is 0.330 e. The lowest BCUT2D eigenvalue weighted by Gasteiger charge is -2.42. The van der Waals surface area contributed by atoms with E-state index in [1.54, 1.807) is 26.0 Å². The van der Waals surface area contributed by atoms with Crippen molar-refractivity contribution in [2.24, 2.45) is 17.8 Å². The molecule has 0 amide bonds. The fourth-order valence-electron chi connectivity index (χ4n) is 7.12. The largest absolute Gasteiger partial charge is 0.459 e. The SMILES string of the molecule is CO[C@@H]1[C@H](O)[C@@H](C)O[C@@H](OC[C@H]2[C@@H]3O[C@H]3/C=C/C(=O)[C@@](C)(O)C[C@H](C)[C@@H](O[C@@H]3O[C@H](C)C[C@H](OC)[C@H]3O)[C@@H](C)/C=C/C(=O)O[C@@H]2C)[C@@H]1OC. The summed E-state index contributed by atoms with van der Waals surface area (Å²) in [5.41, 5.74) is -1.75. The van der Waals surface area contributed by atoms with Crippen LogP contribution >= 0.6 is 0 Å². The molecule has 14 heteroatoms. The Kier molecular flexibility index (Phi) is 14.0. The number of ether oxygens (including phenoxy) is 9. The van der Waals surface area contributed by atoms with E-state index in [4.69, 9.17) is 42.6 Å². The van der Waals surface area contributed by atoms with E-state index in [2.05, 4.69) is 0 Å². The molecule has 4 rings (SSSR count). The molecule has 0 aliphatic carbocycles. The zero-order valence-corrected chi connectivity index (χ0v) is 30.0. The number of carbonyl (C=O) groups is 2. The van der Waals surface area contributed by atoms with Crippen molar-refractivity contribution in [1.29, 1.82) is 0 Å². The van der Waals surface area contributed by atoms with Crippen molar-refractivity contribution in [3.8, 4) is 0 Å². The third kappa shape index (κ3) is 9.74. The van der Waals surface area contributed by atoms with Crippen LogP contribution in [0.15, 0.2) is 24.3 Å². The summed E-state index contributed by atoms with van der Waals surface area (Å²) in [6.07, 6.45) is -2.67. The van der Waals surface area contributed by atoms with Gasteiger partial charge in [-0.05, 0) is 52.2 Å². The van der Waals surface area contributed by atoms with E-state index >= 15 is 0 Å². The molecule has 0 radical (unpaired) electrons. The number of esters is 1. The third-order valence-corrected chi connectivity index (χ3v) is 10.1. The van der Waals surface area contributed by atoms with Gasteiger partial charge in [-0.1, -0.05) is 19.9 Å². The van der Waals surface area contributed by atoms with E-state index < -0.39 is 109 Å². The summed E-state index contributed by atoms with van der Waals surface area (Å²) in [7, 11) is 4.46. The Bertz CT molecular complexity index is 1160. The van der Waals surface area contributed by atoms with Crippen LogP contribution < -0.4 is 0 Å². The molecule has 280 valence electrons. The molecule has 0 aromatic rings. The first kappa shape index (κ1) is 40.0. The first-order valence-electron chi connectivity index (χ1n) is 17.1. The van der Waals surface area contributed by atoms with Crippen LogP contribution in [0.1, 0.15) is 54.4 Å². The maximum atomic E-state index is 13.3. The van der Waals surface area contributed by atoms with Crippen molar-refractivity contribution < 1.29 is 67.5 Å². The minimum absolute atomic E-state index is 0.0234. The first-order chi connectivity index (χ1) is 23.1. The minimum atomic E-state index is -1.75. The van der Waals surface area contributed by atoms with Crippen molar-refractivity contribution in [2.75, 3.05) is 27.9 Å². The predicted molar refractivity (Wildman–Crippen MR) is 173 cm³/mol. The van der Waals surface area contributed by atoms with Crippen LogP contribution in [-0.2, 0) is 52.2 Å². The summed E-state index contributed by atoms with van der Waals surface area (Å²) < 4.78 is 52.6. The van der Waals surface area contributed by atoms with Gasteiger partial charge < -0.3 is 58.0 Å². The molecule has 14 nitrogen and oxygen atoms in total. The lowest BCUT2D eigenvalue weighted by molar-refractivity contribution is -0.305. The predicted octanol–water partition coefficient (Wildman–Crippen LogP) is 1.46. The van der Waals surface area contributed by atoms with Gasteiger partial charge in [-0.25, -0.2) is 4.79 Å². The number of epoxide rings is 1. The van der Waals surface area contributed by atoms with E-state index in [-0.39, 0.29) is 19.1 Å². The van der Waals surface area contributed by atoms with Gasteiger partial charge in [-0.2, -0.15) is 0 Å². The molecule has 17 atom stereocenters. The molecule has 3 saturated heterocycles. The number of hydrogen-bond donors (Lipinski definition) is 3. The Balaban J connectivity index is 1.56. The molecular formula is C35H56O14. The fraction of sp³-hybridized carbons (Fsp3) is 0.829. The number of aliphatic hydroxyl groups excluding tert-OH is 2. The Morgan fingerprint density at radius 3 is 2.18 bits per heavy atom. The van der Waals surface area contributed by atoms with Crippen molar-refractivity contribution in [2.45, 2.75) is 140 Å². The summed E-state index contributed by atoms with van der Waals surface area (Å²) >= 11 is 0. The zero-order valence-electron chi connectivity index (χ0n) is 30.0. The number of carbonyl (C=O) groups excluding carboxylic acids is 2. The van der Waals surface area contributed by atoms with E-state index in [0.717, 1.165) is 0 Å². The Hall–Kier alpha value is -1.82. The van der Waals surface area contributed by atoms with Gasteiger partial charge in [-0.3, -0.25) is 4.79 Å². The number of ketones is 1. The molecule has 0 bridgehead atoms. The third-order valence-electron chi connectivity index (χ3n) is 10.1. The maximum Gasteiger partial charge on any atom is 0.330 e. The highest BCUT2D eigenvalue weighted by Gasteiger charge is 2.50. The fourth-order valence-corrected chi connectivity index (χ4v) is 7.12. The summed E-state index contributed by atoms with van der Waals surface area (Å²) in [4.78, 5) is 26.5. The molecule has 0 saturated carbocycles. The summed E-state index contributed by atoms with van der Waals surface area (Å²) in [5, 5.41) is 32.8. The Morgan fingerprint density at radius 1 is 0.837 bits per heavy atom. The number of methoxy groups -OCH3 is 3. The zero-order chi connectivity index (χ0) is 36.2. The topological polar surface area (TPSA) is 181 Å². The summed E-state index contributed by atoms with van der Waals surface area (Å²) in [6.45, 7) is 10.4. The highest BCUT2D eigenvalue weighted by Crippen LogP contribution is 2.37. The van der Waals surface area contributed by atoms with Crippen LogP contribution in [-0.4, -0.2) is 140 Å². The number of aliphatic hydroxyl groups is 3. The molecule has 0 aromatic carbocycles. The van der Waals surface area contributed by atoms with Crippen molar-refractivity contribution in [3.05, 3.63) is 24.3 Å². The van der Waals surface area contributed by atoms with Gasteiger partial charge >= 0.3 is 5.97 Å². The second kappa shape index (κ2) is 17.1. The molecule has 3 fully saturated rings. The molecule has 3 N–H and O–H groups in total. The van der Waals surface area contributed by atoms with Crippen LogP contribution in [0, 0.1) is 17.8 Å². The molecule has 4 heterocycles. The molecule has 0 aromatic heterocycles. The number of rotatable bonds is 8. The number of hydrogen-bond acceptors (Lipinski definition) is 14. The van der Waals surface area contributed by atoms with E-state index in [0.29, 0.717) is 6.42 Å². The molecule has 49 heavy (non-hydrogen) atoms. The highest BCUT2D eigenvalue weighted by atomic mass is 16.7. The average Bonchev–Trinajstić information content (AvgIpc) is 3.82. The molecule has 0 unspecified atom stereocenters. The summed E-state index contributed by atoms with van der Waals surface area (Å²) in [5.74, 6) is -2.45. The van der Waals surface area contributed by atoms with Crippen LogP contribution in [0.25, 0.3) is 0 Å². The van der Waals surface area contributed by atoms with Crippen molar-refractivity contribution in [1.82, 2.24) is 0 Å². The van der Waals surface area contributed by atoms with E-state index in [9.17, 15) is 24.9 Å². The molecule has 4 aliphatic heterocycles. The van der Waals surface area contributed by atoms with Gasteiger partial charge in [0.25, 0.3) is 0 Å². The van der Waals surface area contributed by atoms with Gasteiger partial charge in [0.2, 0.25) is 0 Å². The normalized spacial score (nSPS) is 48.3. The lowest BCUT2D eigenvalue weighted by Crippen LogP contribution is -2.59. The monoisotopic (exact) mass is 700 g/mol. The molecule has 0 spiro atoms. The van der Waals surface area contributed by atoms with Crippen molar-refractivity contribution >= 4 is 11.8 Å². The van der Waals surface area contributed by atoms with Crippen LogP contribution in [0.2, 0.25) is 0 Å². The van der Waals surface area contributed by atoms with Gasteiger partial charge in [-0.15, -0.1) is 0 Å². The molecular weight excluding hydrogens is 644 g/mol. The second-order valence-corrected chi connectivity index (χ2v) is 14.1. The standard InChI is InChI=1S/C35H56O14/c1-17-10-13-26(37)46-20(4)22(16-44-34-32(43-9)31(42-8)27(38)21(5)47-34)30-23(48-30)11-12-25(36)35(6,40)15-18(2)29(17)49-33-28(39)24(41-7)14-19(3)45-33/h10-13,17-24,27-34,38-40H,14-16H2,1-9H3/b12-11+,13-10+/t17-,18-,19+,20+,21+,22+,23-,24-,27+,28+,29-,30-,31+,32+,33-,34+,35-/m0/s1. The Morgan fingerprint density at radius 2 is 1.53 bits per heavy atom. The highest BCUT2D eigenvalue weighted by molar-refractivity contribution is 5.96. The Labute approximate surface area is 288 Å². The number of cyclic esters (lactones) is 1. The van der Waals surface area contributed by atoms with Gasteiger partial charge in [0.15, 0.2) is 18.4 Å². The van der Waals surface area contributed by atoms with Crippen LogP contribution in [0.3, 0.4) is 0 Å². The molecule has 4 aliphatic rings. The van der Waals surface area contributed by atoms with Crippen LogP contribution in [0.4, 0.5) is 0 Å². The second-order valence-electron chi connectivity index (χ2n) is 14.1.